The first-order valence-corrected chi connectivity index (χ1v) is 8.82. The number of rotatable bonds is 6. The van der Waals surface area contributed by atoms with Crippen molar-refractivity contribution >= 4 is 23.4 Å². The fourth-order valence-electron chi connectivity index (χ4n) is 2.37. The van der Waals surface area contributed by atoms with Crippen LogP contribution in [0, 0.1) is 5.82 Å². The fraction of sp³-hybridized carbons (Fsp3) is 0.167. The highest BCUT2D eigenvalue weighted by atomic mass is 32.2. The number of hydrogen-bond donors (Lipinski definition) is 1. The van der Waals surface area contributed by atoms with Gasteiger partial charge < -0.3 is 9.88 Å². The van der Waals surface area contributed by atoms with E-state index in [1.165, 1.54) is 23.9 Å². The van der Waals surface area contributed by atoms with Gasteiger partial charge in [-0.2, -0.15) is 0 Å². The molecule has 2 aromatic carbocycles. The smallest absolute Gasteiger partial charge is 0.234 e. The number of carbonyl (C=O) groups excluding carboxylic acids is 1. The van der Waals surface area contributed by atoms with Gasteiger partial charge in [0.1, 0.15) is 5.82 Å². The number of thioether (sulfide) groups is 1. The molecule has 7 heteroatoms. The monoisotopic (exact) mass is 356 g/mol. The Labute approximate surface area is 149 Å². The molecule has 0 unspecified atom stereocenters. The maximum Gasteiger partial charge on any atom is 0.234 e. The first kappa shape index (κ1) is 17.2. The molecule has 25 heavy (non-hydrogen) atoms. The Hall–Kier alpha value is -2.67. The van der Waals surface area contributed by atoms with Crippen molar-refractivity contribution < 1.29 is 9.18 Å². The Kier molecular flexibility index (Phi) is 5.45. The summed E-state index contributed by atoms with van der Waals surface area (Å²) in [5.41, 5.74) is 1.42. The van der Waals surface area contributed by atoms with Crippen molar-refractivity contribution in [3.05, 3.63) is 60.4 Å². The number of aromatic nitrogens is 3. The lowest BCUT2D eigenvalue weighted by Crippen LogP contribution is -2.14. The molecule has 0 saturated heterocycles. The van der Waals surface area contributed by atoms with Crippen LogP contribution in [0.25, 0.3) is 11.4 Å². The number of hydrogen-bond acceptors (Lipinski definition) is 4. The van der Waals surface area contributed by atoms with Crippen molar-refractivity contribution in [3.63, 3.8) is 0 Å². The maximum atomic E-state index is 13.2. The zero-order chi connectivity index (χ0) is 17.6. The predicted octanol–water partition coefficient (Wildman–Crippen LogP) is 3.83. The van der Waals surface area contributed by atoms with Gasteiger partial charge in [-0.15, -0.1) is 10.2 Å². The lowest BCUT2D eigenvalue weighted by molar-refractivity contribution is -0.113. The topological polar surface area (TPSA) is 59.8 Å². The number of nitrogens with zero attached hydrogens (tertiary/aromatic N) is 3. The molecule has 0 spiro atoms. The minimum Gasteiger partial charge on any atom is -0.325 e. The van der Waals surface area contributed by atoms with E-state index in [1.807, 2.05) is 41.8 Å². The second-order valence-corrected chi connectivity index (χ2v) is 6.21. The van der Waals surface area contributed by atoms with E-state index in [0.29, 0.717) is 17.4 Å². The molecular formula is C18H17FN4OS. The number of nitrogens with one attached hydrogen (secondary N) is 1. The number of amides is 1. The zero-order valence-corrected chi connectivity index (χ0v) is 14.5. The van der Waals surface area contributed by atoms with Crippen LogP contribution in [0.3, 0.4) is 0 Å². The molecule has 1 N–H and O–H groups in total. The Bertz CT molecular complexity index is 867. The molecule has 0 aliphatic heterocycles. The molecule has 0 bridgehead atoms. The zero-order valence-electron chi connectivity index (χ0n) is 13.6. The summed E-state index contributed by atoms with van der Waals surface area (Å²) in [7, 11) is 0. The van der Waals surface area contributed by atoms with E-state index >= 15 is 0 Å². The molecule has 1 aromatic heterocycles. The molecule has 128 valence electrons. The van der Waals surface area contributed by atoms with E-state index in [0.717, 1.165) is 11.4 Å². The summed E-state index contributed by atoms with van der Waals surface area (Å²) < 4.78 is 15.1. The minimum atomic E-state index is -0.385. The van der Waals surface area contributed by atoms with E-state index in [-0.39, 0.29) is 17.5 Å². The van der Waals surface area contributed by atoms with Crippen molar-refractivity contribution in [1.82, 2.24) is 14.8 Å². The number of carbonyl (C=O) groups is 1. The first-order valence-electron chi connectivity index (χ1n) is 7.84. The summed E-state index contributed by atoms with van der Waals surface area (Å²) in [5.74, 6) is 0.339. The highest BCUT2D eigenvalue weighted by Gasteiger charge is 2.14. The Morgan fingerprint density at radius 3 is 2.68 bits per heavy atom. The lowest BCUT2D eigenvalue weighted by Gasteiger charge is -2.08. The third-order valence-corrected chi connectivity index (χ3v) is 4.47. The van der Waals surface area contributed by atoms with Crippen LogP contribution < -0.4 is 5.32 Å². The fourth-order valence-corrected chi connectivity index (χ4v) is 3.18. The second kappa shape index (κ2) is 7.94. The molecule has 0 saturated carbocycles. The third kappa shape index (κ3) is 4.24. The van der Waals surface area contributed by atoms with Crippen molar-refractivity contribution in [2.45, 2.75) is 18.6 Å². The van der Waals surface area contributed by atoms with Gasteiger partial charge in [-0.25, -0.2) is 4.39 Å². The van der Waals surface area contributed by atoms with Crippen LogP contribution in [0.2, 0.25) is 0 Å². The Morgan fingerprint density at radius 2 is 1.96 bits per heavy atom. The summed E-state index contributed by atoms with van der Waals surface area (Å²) >= 11 is 1.30. The molecule has 3 aromatic rings. The molecule has 0 fully saturated rings. The van der Waals surface area contributed by atoms with Crippen molar-refractivity contribution in [1.29, 1.82) is 0 Å². The summed E-state index contributed by atoms with van der Waals surface area (Å²) in [5, 5.41) is 11.8. The van der Waals surface area contributed by atoms with Crippen molar-refractivity contribution in [2.24, 2.45) is 0 Å². The van der Waals surface area contributed by atoms with Crippen LogP contribution in [0.4, 0.5) is 10.1 Å². The molecule has 0 radical (unpaired) electrons. The SMILES string of the molecule is CCn1c(SCC(=O)Nc2cccc(F)c2)nnc1-c1ccccc1. The molecule has 1 heterocycles. The van der Waals surface area contributed by atoms with E-state index in [9.17, 15) is 9.18 Å². The van der Waals surface area contributed by atoms with Gasteiger partial charge in [-0.3, -0.25) is 4.79 Å². The number of anilines is 1. The van der Waals surface area contributed by atoms with Gasteiger partial charge >= 0.3 is 0 Å². The van der Waals surface area contributed by atoms with E-state index in [1.54, 1.807) is 12.1 Å². The minimum absolute atomic E-state index is 0.170. The highest BCUT2D eigenvalue weighted by Crippen LogP contribution is 2.24. The predicted molar refractivity (Wildman–Crippen MR) is 96.9 cm³/mol. The molecule has 1 amide bonds. The summed E-state index contributed by atoms with van der Waals surface area (Å²) in [6, 6.07) is 15.6. The van der Waals surface area contributed by atoms with Gasteiger partial charge in [0.05, 0.1) is 5.75 Å². The Morgan fingerprint density at radius 1 is 1.16 bits per heavy atom. The van der Waals surface area contributed by atoms with E-state index < -0.39 is 0 Å². The normalized spacial score (nSPS) is 10.6. The van der Waals surface area contributed by atoms with Crippen LogP contribution >= 0.6 is 11.8 Å². The standard InChI is InChI=1S/C18H17FN4OS/c1-2-23-17(13-7-4-3-5-8-13)21-22-18(23)25-12-16(24)20-15-10-6-9-14(19)11-15/h3-11H,2,12H2,1H3,(H,20,24). The van der Waals surface area contributed by atoms with Gasteiger partial charge in [0.25, 0.3) is 0 Å². The average Bonchev–Trinajstić information content (AvgIpc) is 3.03. The van der Waals surface area contributed by atoms with Crippen LogP contribution in [0.1, 0.15) is 6.92 Å². The molecule has 3 rings (SSSR count). The van der Waals surface area contributed by atoms with Crippen LogP contribution in [-0.2, 0) is 11.3 Å². The largest absolute Gasteiger partial charge is 0.325 e. The van der Waals surface area contributed by atoms with Crippen LogP contribution in [0.5, 0.6) is 0 Å². The molecule has 0 aliphatic rings. The molecular weight excluding hydrogens is 339 g/mol. The van der Waals surface area contributed by atoms with Crippen LogP contribution in [0.15, 0.2) is 59.8 Å². The van der Waals surface area contributed by atoms with E-state index in [2.05, 4.69) is 15.5 Å². The second-order valence-electron chi connectivity index (χ2n) is 5.26. The Balaban J connectivity index is 1.67. The quantitative estimate of drug-likeness (QED) is 0.682. The number of halogens is 1. The summed E-state index contributed by atoms with van der Waals surface area (Å²) in [4.78, 5) is 12.1. The summed E-state index contributed by atoms with van der Waals surface area (Å²) in [6.07, 6.45) is 0. The first-order chi connectivity index (χ1) is 12.2. The molecule has 0 aliphatic carbocycles. The molecule has 0 atom stereocenters. The molecule has 5 nitrogen and oxygen atoms in total. The third-order valence-electron chi connectivity index (χ3n) is 3.51. The van der Waals surface area contributed by atoms with Gasteiger partial charge in [0, 0.05) is 17.8 Å². The number of benzene rings is 2. The van der Waals surface area contributed by atoms with Crippen LogP contribution in [-0.4, -0.2) is 26.4 Å². The van der Waals surface area contributed by atoms with Gasteiger partial charge in [-0.1, -0.05) is 48.2 Å². The van der Waals surface area contributed by atoms with Gasteiger partial charge in [-0.05, 0) is 25.1 Å². The lowest BCUT2D eigenvalue weighted by atomic mass is 10.2. The van der Waals surface area contributed by atoms with Crippen molar-refractivity contribution in [3.8, 4) is 11.4 Å². The maximum absolute atomic E-state index is 13.2. The summed E-state index contributed by atoms with van der Waals surface area (Å²) in [6.45, 7) is 2.71. The van der Waals surface area contributed by atoms with E-state index in [4.69, 9.17) is 0 Å². The average molecular weight is 356 g/mol. The highest BCUT2D eigenvalue weighted by molar-refractivity contribution is 7.99. The van der Waals surface area contributed by atoms with Crippen molar-refractivity contribution in [2.75, 3.05) is 11.1 Å². The van der Waals surface area contributed by atoms with Gasteiger partial charge in [0.2, 0.25) is 5.91 Å². The van der Waals surface area contributed by atoms with Gasteiger partial charge in [0.15, 0.2) is 11.0 Å².